The van der Waals surface area contributed by atoms with E-state index in [2.05, 4.69) is 92.1 Å². The second kappa shape index (κ2) is 46.3. The first-order valence-corrected chi connectivity index (χ1v) is 31.2. The third-order valence-electron chi connectivity index (χ3n) is 14.2. The second-order valence-corrected chi connectivity index (χ2v) is 21.3. The molecule has 2 unspecified atom stereocenters. The van der Waals surface area contributed by atoms with Crippen molar-refractivity contribution >= 4 is 51.6 Å². The number of carbonyl (C=O) groups excluding carboxylic acids is 5. The van der Waals surface area contributed by atoms with Crippen LogP contribution < -0.4 is 34.7 Å². The monoisotopic (exact) mass is 1340 g/mol. The molecule has 0 fully saturated rings. The third-order valence-corrected chi connectivity index (χ3v) is 14.8. The van der Waals surface area contributed by atoms with Gasteiger partial charge in [0.1, 0.15) is 0 Å². The van der Waals surface area contributed by atoms with Crippen LogP contribution in [-0.2, 0) is 67.5 Å². The van der Waals surface area contributed by atoms with E-state index in [1.165, 1.54) is 40.3 Å². The van der Waals surface area contributed by atoms with Crippen molar-refractivity contribution in [1.29, 1.82) is 0 Å². The van der Waals surface area contributed by atoms with Gasteiger partial charge in [-0.2, -0.15) is 0 Å². The van der Waals surface area contributed by atoms with Crippen LogP contribution in [0.2, 0.25) is 0 Å². The van der Waals surface area contributed by atoms with E-state index in [0.29, 0.717) is 6.42 Å². The Bertz CT molecular complexity index is 3410. The molecule has 8 aromatic carbocycles. The molecule has 492 valence electrons. The molecule has 0 saturated carbocycles. The van der Waals surface area contributed by atoms with Gasteiger partial charge in [-0.1, -0.05) is 271 Å². The van der Waals surface area contributed by atoms with E-state index in [1.807, 2.05) is 153 Å². The molecule has 9 rings (SSSR count). The van der Waals surface area contributed by atoms with E-state index in [9.17, 15) is 28.8 Å². The van der Waals surface area contributed by atoms with Crippen LogP contribution in [0.15, 0.2) is 212 Å². The Morgan fingerprint density at radius 3 is 1.18 bits per heavy atom. The fraction of sp³-hybridized carbons (Fsp3) is 0.316. The van der Waals surface area contributed by atoms with Crippen molar-refractivity contribution in [2.75, 3.05) is 33.0 Å². The Morgan fingerprint density at radius 2 is 0.806 bits per heavy atom. The summed E-state index contributed by atoms with van der Waals surface area (Å²) in [4.78, 5) is 69.8. The van der Waals surface area contributed by atoms with E-state index in [1.54, 1.807) is 48.5 Å². The zero-order chi connectivity index (χ0) is 65.1. The molecule has 0 heterocycles. The summed E-state index contributed by atoms with van der Waals surface area (Å²) < 4.78 is 19.6. The van der Waals surface area contributed by atoms with Crippen molar-refractivity contribution in [3.05, 3.63) is 240 Å². The fourth-order valence-corrected chi connectivity index (χ4v) is 10.0. The predicted molar refractivity (Wildman–Crippen MR) is 376 cm³/mol. The molecule has 0 radical (unpaired) electrons. The summed E-state index contributed by atoms with van der Waals surface area (Å²) in [7, 11) is 0. The number of ether oxygens (including phenoxy) is 4. The molecule has 0 spiro atoms. The van der Waals surface area contributed by atoms with E-state index in [4.69, 9.17) is 19.7 Å². The van der Waals surface area contributed by atoms with Crippen molar-refractivity contribution in [2.24, 2.45) is 23.2 Å². The van der Waals surface area contributed by atoms with Gasteiger partial charge in [0.05, 0.1) is 32.3 Å². The minimum absolute atomic E-state index is 0. The first-order valence-electron chi connectivity index (χ1n) is 30.1. The summed E-state index contributed by atoms with van der Waals surface area (Å²) in [6.45, 7) is 16.2. The smallest absolute Gasteiger partial charge is 0.855 e. The normalized spacial score (nSPS) is 11.6. The molecule has 8 aromatic rings. The van der Waals surface area contributed by atoms with Crippen LogP contribution in [0.5, 0.6) is 0 Å². The van der Waals surface area contributed by atoms with Gasteiger partial charge in [0.25, 0.3) is 0 Å². The molecule has 1 aliphatic rings. The number of carboxylic acid groups (broad SMARTS) is 1. The van der Waals surface area contributed by atoms with Gasteiger partial charge in [-0.05, 0) is 128 Å². The second-order valence-electron chi connectivity index (χ2n) is 20.8. The summed E-state index contributed by atoms with van der Waals surface area (Å²) >= 11 is 3.51. The summed E-state index contributed by atoms with van der Waals surface area (Å²) in [6, 6.07) is 70.9. The maximum absolute atomic E-state index is 12.5. The quantitative estimate of drug-likeness (QED) is 0.0282. The maximum atomic E-state index is 12.5. The average Bonchev–Trinajstić information content (AvgIpc) is 1.76. The zero-order valence-corrected chi connectivity index (χ0v) is 57.2. The predicted octanol–water partition coefficient (Wildman–Crippen LogP) is 14.6. The zero-order valence-electron chi connectivity index (χ0n) is 53.6. The van der Waals surface area contributed by atoms with Crippen molar-refractivity contribution < 1.29 is 87.5 Å². The number of hydrogen-bond acceptors (Lipinski definition) is 11. The molecular weight excluding hydrogens is 1240 g/mol. The Hall–Kier alpha value is -7.78. The first-order chi connectivity index (χ1) is 42.9. The van der Waals surface area contributed by atoms with Crippen molar-refractivity contribution in [3.63, 3.8) is 0 Å². The van der Waals surface area contributed by atoms with Crippen LogP contribution in [-0.4, -0.2) is 73.8 Å². The molecule has 14 heteroatoms. The van der Waals surface area contributed by atoms with Gasteiger partial charge in [0.15, 0.2) is 17.1 Å². The average molecular weight is 1340 g/mol. The van der Waals surface area contributed by atoms with E-state index < -0.39 is 41.2 Å². The fourth-order valence-electron chi connectivity index (χ4n) is 9.53. The number of halogens is 1. The molecule has 0 saturated heterocycles. The van der Waals surface area contributed by atoms with E-state index in [-0.39, 0.29) is 109 Å². The number of carbonyl (C=O) groups is 6. The minimum atomic E-state index is -1.38. The molecule has 0 aliphatic heterocycles. The van der Waals surface area contributed by atoms with Crippen LogP contribution in [0.1, 0.15) is 117 Å². The van der Waals surface area contributed by atoms with Crippen molar-refractivity contribution in [1.82, 2.24) is 0 Å². The van der Waals surface area contributed by atoms with Gasteiger partial charge < -0.3 is 29.2 Å². The minimum Gasteiger partial charge on any atom is -0.855 e. The summed E-state index contributed by atoms with van der Waals surface area (Å²) in [5.41, 5.74) is 13.3. The number of esters is 4. The number of benzene rings is 8. The molecular formula is C79H96BrNaO12. The van der Waals surface area contributed by atoms with Crippen molar-refractivity contribution in [3.8, 4) is 44.5 Å². The molecule has 93 heavy (non-hydrogen) atoms. The van der Waals surface area contributed by atoms with Gasteiger partial charge in [0.2, 0.25) is 0 Å². The summed E-state index contributed by atoms with van der Waals surface area (Å²) in [5.74, 6) is -3.69. The third kappa shape index (κ3) is 26.6. The van der Waals surface area contributed by atoms with Gasteiger partial charge in [0, 0.05) is 16.8 Å². The number of aliphatic carboxylic acids is 1. The van der Waals surface area contributed by atoms with Crippen LogP contribution >= 0.6 is 15.9 Å². The Labute approximate surface area is 584 Å². The SMILES string of the molecule is BrCc1ccccc1-c1ccccc1.C.C.C.CC(Cc1ccccc1-c1ccccc1)C(=O)O.CC1Cc2c(cccc2-c2ccccc2)C1=O.CCOC(=O)C(C)(Cc1ccccc1-c1ccccc1)C(=O)OCC.CCOC(=O)C(C)C(=O)OCC.CC[O-].[Na+]. The number of fused-ring (bicyclic) bond motifs is 1. The molecule has 1 aliphatic carbocycles. The van der Waals surface area contributed by atoms with E-state index >= 15 is 0 Å². The van der Waals surface area contributed by atoms with Crippen LogP contribution in [0.4, 0.5) is 0 Å². The van der Waals surface area contributed by atoms with Gasteiger partial charge in [-0.15, -0.1) is 6.61 Å². The molecule has 0 aromatic heterocycles. The molecule has 1 N–H and O–H groups in total. The maximum Gasteiger partial charge on any atom is 1.00 e. The van der Waals surface area contributed by atoms with Crippen molar-refractivity contribution in [2.45, 2.75) is 109 Å². The van der Waals surface area contributed by atoms with Gasteiger partial charge in [-0.3, -0.25) is 28.8 Å². The summed E-state index contributed by atoms with van der Waals surface area (Å²) in [5, 5.41) is 18.8. The number of hydrogen-bond donors (Lipinski definition) is 1. The molecule has 2 atom stereocenters. The van der Waals surface area contributed by atoms with Crippen LogP contribution in [0.25, 0.3) is 44.5 Å². The first kappa shape index (κ1) is 85.2. The number of Topliss-reactive ketones (excluding diaryl/α,β-unsaturated/α-hetero) is 1. The topological polar surface area (TPSA) is 183 Å². The number of ketones is 1. The number of rotatable bonds is 18. The molecule has 0 bridgehead atoms. The Kier molecular flexibility index (Phi) is 42.4. The largest absolute Gasteiger partial charge is 1.00 e. The van der Waals surface area contributed by atoms with Gasteiger partial charge in [-0.25, -0.2) is 0 Å². The Balaban J connectivity index is 0.00000113. The van der Waals surface area contributed by atoms with Gasteiger partial charge >= 0.3 is 59.4 Å². The molecule has 0 amide bonds. The Morgan fingerprint density at radius 1 is 0.495 bits per heavy atom. The number of carboxylic acids is 1. The van der Waals surface area contributed by atoms with E-state index in [0.717, 1.165) is 50.7 Å². The standard InChI is InChI=1S/C21H24O4.C16H16O2.C16H14O.C13H11Br.C8H14O4.C2H5O.3CH4.Na/c1-4-24-19(22)21(3,20(23)25-5-2)15-17-13-9-10-14-18(17)16-11-7-6-8-12-16;1-12(16(17)18)11-14-9-5-6-10-15(14)13-7-3-2-4-8-13;1-11-10-15-13(12-6-3-2-4-7-12)8-5-9-14(15)16(11)17;14-10-12-8-4-5-9-13(12)11-6-2-1-3-7-11;1-4-11-7(9)6(3)8(10)12-5-2;1-2-3;;;;/h6-14H,4-5,15H2,1-3H3;2-10,12H,11H2,1H3,(H,17,18);2-9,11H,10H2,1H3;1-9H,10H2;6H,4-5H2,1-3H3;2H2,1H3;3*1H4;/q;;;;;-1;;;;+1. The van der Waals surface area contributed by atoms with Crippen LogP contribution in [0.3, 0.4) is 0 Å². The summed E-state index contributed by atoms with van der Waals surface area (Å²) in [6.07, 6.45) is 1.65. The number of alkyl halides is 1. The van der Waals surface area contributed by atoms with Crippen LogP contribution in [0, 0.1) is 23.2 Å². The molecule has 12 nitrogen and oxygen atoms in total.